The first kappa shape index (κ1) is 17.4. The van der Waals surface area contributed by atoms with Crippen LogP contribution in [-0.2, 0) is 10.0 Å². The molecule has 0 radical (unpaired) electrons. The zero-order valence-corrected chi connectivity index (χ0v) is 15.7. The first-order chi connectivity index (χ1) is 9.90. The molecule has 0 aromatic carbocycles. The third-order valence-electron chi connectivity index (χ3n) is 3.90. The van der Waals surface area contributed by atoms with Crippen molar-refractivity contribution < 1.29 is 8.42 Å². The Kier molecular flexibility index (Phi) is 6.25. The summed E-state index contributed by atoms with van der Waals surface area (Å²) in [5, 5.41) is 5.64. The lowest BCUT2D eigenvalue weighted by atomic mass is 9.92. The normalized spacial score (nSPS) is 22.3. The van der Waals surface area contributed by atoms with Crippen LogP contribution in [0.5, 0.6) is 0 Å². The second kappa shape index (κ2) is 7.55. The zero-order chi connectivity index (χ0) is 15.5. The number of sulfonamides is 1. The van der Waals surface area contributed by atoms with Crippen LogP contribution in [0.1, 0.15) is 37.1 Å². The van der Waals surface area contributed by atoms with Crippen LogP contribution in [0.15, 0.2) is 15.9 Å². The van der Waals surface area contributed by atoms with Crippen LogP contribution < -0.4 is 5.32 Å². The molecule has 2 rings (SSSR count). The van der Waals surface area contributed by atoms with Crippen LogP contribution in [0.25, 0.3) is 0 Å². The molecule has 0 bridgehead atoms. The standard InChI is InChI=1S/C14H23BrN2O2S2/c1-3-16-13(14-8-12(15)10-20-14)7-11-5-4-6-17(9-11)21(2,18)19/h8,10-11,13,16H,3-7,9H2,1-2H3. The Morgan fingerprint density at radius 1 is 1.57 bits per heavy atom. The van der Waals surface area contributed by atoms with Gasteiger partial charge in [-0.15, -0.1) is 11.3 Å². The van der Waals surface area contributed by atoms with E-state index in [1.807, 2.05) is 0 Å². The van der Waals surface area contributed by atoms with Gasteiger partial charge in [0.15, 0.2) is 0 Å². The highest BCUT2D eigenvalue weighted by atomic mass is 79.9. The SMILES string of the molecule is CCNC(CC1CCCN(S(C)(=O)=O)C1)c1cc(Br)cs1. The molecule has 4 nitrogen and oxygen atoms in total. The van der Waals surface area contributed by atoms with Gasteiger partial charge < -0.3 is 5.32 Å². The summed E-state index contributed by atoms with van der Waals surface area (Å²) in [4.78, 5) is 1.32. The molecule has 21 heavy (non-hydrogen) atoms. The molecule has 2 heterocycles. The highest BCUT2D eigenvalue weighted by molar-refractivity contribution is 9.10. The van der Waals surface area contributed by atoms with Gasteiger partial charge in [0, 0.05) is 33.9 Å². The molecule has 1 aliphatic rings. The quantitative estimate of drug-likeness (QED) is 0.805. The van der Waals surface area contributed by atoms with Crippen LogP contribution >= 0.6 is 27.3 Å². The number of halogens is 1. The molecular weight excluding hydrogens is 372 g/mol. The number of hydrogen-bond donors (Lipinski definition) is 1. The van der Waals surface area contributed by atoms with Crippen LogP contribution in [0.2, 0.25) is 0 Å². The molecule has 120 valence electrons. The number of thiophene rings is 1. The Morgan fingerprint density at radius 3 is 2.90 bits per heavy atom. The van der Waals surface area contributed by atoms with E-state index < -0.39 is 10.0 Å². The minimum absolute atomic E-state index is 0.316. The fourth-order valence-electron chi connectivity index (χ4n) is 2.91. The van der Waals surface area contributed by atoms with E-state index in [0.717, 1.165) is 30.3 Å². The summed E-state index contributed by atoms with van der Waals surface area (Å²) >= 11 is 5.26. The Balaban J connectivity index is 2.03. The molecule has 1 aromatic heterocycles. The fraction of sp³-hybridized carbons (Fsp3) is 0.714. The molecule has 1 aliphatic heterocycles. The van der Waals surface area contributed by atoms with Gasteiger partial charge in [0.05, 0.1) is 6.26 Å². The Hall–Kier alpha value is 0.0500. The zero-order valence-electron chi connectivity index (χ0n) is 12.5. The van der Waals surface area contributed by atoms with Gasteiger partial charge in [0.2, 0.25) is 10.0 Å². The number of hydrogen-bond acceptors (Lipinski definition) is 4. The van der Waals surface area contributed by atoms with E-state index in [1.165, 1.54) is 11.1 Å². The molecule has 1 N–H and O–H groups in total. The average Bonchev–Trinajstić information content (AvgIpc) is 2.84. The largest absolute Gasteiger partial charge is 0.310 e. The lowest BCUT2D eigenvalue weighted by Crippen LogP contribution is -2.40. The van der Waals surface area contributed by atoms with E-state index >= 15 is 0 Å². The summed E-state index contributed by atoms with van der Waals surface area (Å²) in [6.07, 6.45) is 4.38. The summed E-state index contributed by atoms with van der Waals surface area (Å²) in [5.41, 5.74) is 0. The molecule has 2 unspecified atom stereocenters. The summed E-state index contributed by atoms with van der Waals surface area (Å²) in [5.74, 6) is 0.429. The van der Waals surface area contributed by atoms with Crippen LogP contribution in [0.3, 0.4) is 0 Å². The molecule has 0 amide bonds. The molecule has 0 saturated carbocycles. The van der Waals surface area contributed by atoms with Gasteiger partial charge in [-0.3, -0.25) is 0 Å². The smallest absolute Gasteiger partial charge is 0.211 e. The minimum Gasteiger partial charge on any atom is -0.310 e. The van der Waals surface area contributed by atoms with Crippen molar-refractivity contribution in [3.05, 3.63) is 20.8 Å². The van der Waals surface area contributed by atoms with Crippen molar-refractivity contribution in [3.63, 3.8) is 0 Å². The maximum atomic E-state index is 11.7. The van der Waals surface area contributed by atoms with E-state index in [0.29, 0.717) is 25.0 Å². The highest BCUT2D eigenvalue weighted by Crippen LogP contribution is 2.32. The van der Waals surface area contributed by atoms with Crippen molar-refractivity contribution >= 4 is 37.3 Å². The Labute approximate surface area is 140 Å². The minimum atomic E-state index is -3.06. The molecule has 1 fully saturated rings. The van der Waals surface area contributed by atoms with Gasteiger partial charge in [0.25, 0.3) is 0 Å². The van der Waals surface area contributed by atoms with E-state index in [-0.39, 0.29) is 0 Å². The average molecular weight is 395 g/mol. The van der Waals surface area contributed by atoms with Gasteiger partial charge in [-0.05, 0) is 53.7 Å². The monoisotopic (exact) mass is 394 g/mol. The topological polar surface area (TPSA) is 49.4 Å². The maximum Gasteiger partial charge on any atom is 0.211 e. The summed E-state index contributed by atoms with van der Waals surface area (Å²) in [6.45, 7) is 4.36. The molecule has 2 atom stereocenters. The maximum absolute atomic E-state index is 11.7. The molecular formula is C14H23BrN2O2S2. The van der Waals surface area contributed by atoms with Crippen LogP contribution in [0, 0.1) is 5.92 Å². The lowest BCUT2D eigenvalue weighted by Gasteiger charge is -2.33. The highest BCUT2D eigenvalue weighted by Gasteiger charge is 2.28. The number of piperidine rings is 1. The number of nitrogens with zero attached hydrogens (tertiary/aromatic N) is 1. The van der Waals surface area contributed by atoms with Crippen LogP contribution in [-0.4, -0.2) is 38.6 Å². The molecule has 1 aromatic rings. The van der Waals surface area contributed by atoms with Gasteiger partial charge in [-0.2, -0.15) is 0 Å². The van der Waals surface area contributed by atoms with Crippen molar-refractivity contribution in [1.82, 2.24) is 9.62 Å². The van der Waals surface area contributed by atoms with Gasteiger partial charge in [-0.25, -0.2) is 12.7 Å². The fourth-order valence-corrected chi connectivity index (χ4v) is 5.39. The van der Waals surface area contributed by atoms with Crippen molar-refractivity contribution in [1.29, 1.82) is 0 Å². The van der Waals surface area contributed by atoms with E-state index in [2.05, 4.69) is 39.6 Å². The van der Waals surface area contributed by atoms with E-state index in [4.69, 9.17) is 0 Å². The lowest BCUT2D eigenvalue weighted by molar-refractivity contribution is 0.239. The van der Waals surface area contributed by atoms with Crippen molar-refractivity contribution in [2.75, 3.05) is 25.9 Å². The van der Waals surface area contributed by atoms with Crippen molar-refractivity contribution in [2.45, 2.75) is 32.2 Å². The third kappa shape index (κ3) is 5.03. The molecule has 7 heteroatoms. The Bertz CT molecular complexity index is 559. The third-order valence-corrected chi connectivity index (χ3v) is 6.98. The molecule has 0 aliphatic carbocycles. The predicted octanol–water partition coefficient (Wildman–Crippen LogP) is 3.22. The van der Waals surface area contributed by atoms with Crippen molar-refractivity contribution in [2.24, 2.45) is 5.92 Å². The summed E-state index contributed by atoms with van der Waals surface area (Å²) in [6, 6.07) is 2.48. The van der Waals surface area contributed by atoms with Gasteiger partial charge >= 0.3 is 0 Å². The van der Waals surface area contributed by atoms with Crippen LogP contribution in [0.4, 0.5) is 0 Å². The number of rotatable bonds is 6. The van der Waals surface area contributed by atoms with Gasteiger partial charge in [0.1, 0.15) is 0 Å². The Morgan fingerprint density at radius 2 is 2.33 bits per heavy atom. The molecule has 1 saturated heterocycles. The number of nitrogens with one attached hydrogen (secondary N) is 1. The second-order valence-electron chi connectivity index (χ2n) is 5.64. The van der Waals surface area contributed by atoms with E-state index in [1.54, 1.807) is 15.6 Å². The second-order valence-corrected chi connectivity index (χ2v) is 9.48. The predicted molar refractivity (Wildman–Crippen MR) is 92.2 cm³/mol. The first-order valence-corrected chi connectivity index (χ1v) is 10.8. The summed E-state index contributed by atoms with van der Waals surface area (Å²) < 4.78 is 26.2. The van der Waals surface area contributed by atoms with Gasteiger partial charge in [-0.1, -0.05) is 6.92 Å². The van der Waals surface area contributed by atoms with E-state index in [9.17, 15) is 8.42 Å². The first-order valence-electron chi connectivity index (χ1n) is 7.32. The van der Waals surface area contributed by atoms with Crippen molar-refractivity contribution in [3.8, 4) is 0 Å². The molecule has 0 spiro atoms. The summed E-state index contributed by atoms with van der Waals surface area (Å²) in [7, 11) is -3.06.